The molecular formula is C9H15N5O. The third-order valence-corrected chi connectivity index (χ3v) is 2.65. The van der Waals surface area contributed by atoms with Crippen molar-refractivity contribution in [3.8, 4) is 0 Å². The summed E-state index contributed by atoms with van der Waals surface area (Å²) in [5.74, 6) is 1.86. The molecule has 1 aromatic heterocycles. The smallest absolute Gasteiger partial charge is 0.238 e. The highest BCUT2D eigenvalue weighted by atomic mass is 16.2. The van der Waals surface area contributed by atoms with Gasteiger partial charge in [0.1, 0.15) is 17.7 Å². The number of carbonyl (C=O) groups is 1. The molecule has 2 rings (SSSR count). The molecule has 6 nitrogen and oxygen atoms in total. The van der Waals surface area contributed by atoms with E-state index < -0.39 is 0 Å². The van der Waals surface area contributed by atoms with E-state index in [1.54, 1.807) is 7.05 Å². The predicted octanol–water partition coefficient (Wildman–Crippen LogP) is -0.942. The lowest BCUT2D eigenvalue weighted by Crippen LogP contribution is -2.48. The van der Waals surface area contributed by atoms with Crippen molar-refractivity contribution in [2.45, 2.75) is 32.5 Å². The van der Waals surface area contributed by atoms with Gasteiger partial charge in [-0.2, -0.15) is 0 Å². The van der Waals surface area contributed by atoms with Crippen molar-refractivity contribution in [1.82, 2.24) is 25.4 Å². The first kappa shape index (κ1) is 10.1. The first-order valence-corrected chi connectivity index (χ1v) is 5.12. The summed E-state index contributed by atoms with van der Waals surface area (Å²) in [4.78, 5) is 11.5. The highest BCUT2D eigenvalue weighted by molar-refractivity contribution is 5.81. The number of nitrogens with one attached hydrogen (secondary N) is 2. The Hall–Kier alpha value is -1.43. The molecule has 1 amide bonds. The number of nitrogens with zero attached hydrogens (tertiary/aromatic N) is 3. The second-order valence-corrected chi connectivity index (χ2v) is 3.54. The Morgan fingerprint density at radius 1 is 1.67 bits per heavy atom. The minimum absolute atomic E-state index is 0.0106. The van der Waals surface area contributed by atoms with E-state index in [2.05, 4.69) is 20.8 Å². The largest absolute Gasteiger partial charge is 0.358 e. The van der Waals surface area contributed by atoms with Crippen LogP contribution < -0.4 is 10.6 Å². The average Bonchev–Trinajstić information content (AvgIpc) is 2.69. The van der Waals surface area contributed by atoms with Crippen LogP contribution in [0.5, 0.6) is 0 Å². The van der Waals surface area contributed by atoms with Gasteiger partial charge in [0, 0.05) is 20.0 Å². The van der Waals surface area contributed by atoms with Crippen molar-refractivity contribution in [2.75, 3.05) is 7.05 Å². The van der Waals surface area contributed by atoms with Crippen LogP contribution in [0.4, 0.5) is 0 Å². The second kappa shape index (κ2) is 3.98. The van der Waals surface area contributed by atoms with Crippen molar-refractivity contribution >= 4 is 5.91 Å². The van der Waals surface area contributed by atoms with Gasteiger partial charge in [0.05, 0.1) is 6.54 Å². The van der Waals surface area contributed by atoms with Gasteiger partial charge in [-0.3, -0.25) is 10.1 Å². The zero-order valence-electron chi connectivity index (χ0n) is 8.95. The number of hydrogen-bond donors (Lipinski definition) is 2. The van der Waals surface area contributed by atoms with Gasteiger partial charge in [0.15, 0.2) is 0 Å². The van der Waals surface area contributed by atoms with Crippen molar-refractivity contribution in [3.63, 3.8) is 0 Å². The average molecular weight is 209 g/mol. The van der Waals surface area contributed by atoms with Gasteiger partial charge in [-0.15, -0.1) is 10.2 Å². The van der Waals surface area contributed by atoms with Crippen LogP contribution in [0.15, 0.2) is 0 Å². The first-order chi connectivity index (χ1) is 7.26. The van der Waals surface area contributed by atoms with Crippen LogP contribution in [-0.2, 0) is 24.3 Å². The topological polar surface area (TPSA) is 71.8 Å². The molecule has 2 N–H and O–H groups in total. The maximum atomic E-state index is 11.5. The molecule has 1 unspecified atom stereocenters. The number of likely N-dealkylation sites (N-methyl/N-ethyl adjacent to an activating group) is 1. The van der Waals surface area contributed by atoms with Crippen LogP contribution in [0.25, 0.3) is 0 Å². The summed E-state index contributed by atoms with van der Waals surface area (Å²) in [6.07, 6.45) is 0.841. The van der Waals surface area contributed by atoms with Crippen molar-refractivity contribution in [2.24, 2.45) is 0 Å². The molecule has 1 aliphatic rings. The van der Waals surface area contributed by atoms with E-state index in [4.69, 9.17) is 0 Å². The van der Waals surface area contributed by atoms with Crippen LogP contribution in [0, 0.1) is 0 Å². The molecule has 0 saturated heterocycles. The summed E-state index contributed by atoms with van der Waals surface area (Å²) in [5.41, 5.74) is 0. The predicted molar refractivity (Wildman–Crippen MR) is 54.1 cm³/mol. The van der Waals surface area contributed by atoms with Crippen LogP contribution in [0.2, 0.25) is 0 Å². The molecule has 0 spiro atoms. The first-order valence-electron chi connectivity index (χ1n) is 5.12. The number of carbonyl (C=O) groups excluding carboxylic acids is 1. The molecule has 1 atom stereocenters. The Kier molecular flexibility index (Phi) is 2.68. The fraction of sp³-hybridized carbons (Fsp3) is 0.667. The van der Waals surface area contributed by atoms with E-state index in [1.165, 1.54) is 0 Å². The van der Waals surface area contributed by atoms with Crippen molar-refractivity contribution in [3.05, 3.63) is 11.6 Å². The quantitative estimate of drug-likeness (QED) is 0.659. The normalized spacial score (nSPS) is 19.7. The molecule has 82 valence electrons. The van der Waals surface area contributed by atoms with Gasteiger partial charge < -0.3 is 9.88 Å². The van der Waals surface area contributed by atoms with Crippen molar-refractivity contribution < 1.29 is 4.79 Å². The molecular weight excluding hydrogens is 194 g/mol. The Labute approximate surface area is 88.1 Å². The van der Waals surface area contributed by atoms with E-state index in [1.807, 2.05) is 11.5 Å². The van der Waals surface area contributed by atoms with Gasteiger partial charge in [-0.05, 0) is 0 Å². The van der Waals surface area contributed by atoms with E-state index in [0.29, 0.717) is 13.1 Å². The number of aromatic nitrogens is 3. The third kappa shape index (κ3) is 1.72. The number of aryl methyl sites for hydroxylation is 1. The highest BCUT2D eigenvalue weighted by Crippen LogP contribution is 2.09. The highest BCUT2D eigenvalue weighted by Gasteiger charge is 2.25. The lowest BCUT2D eigenvalue weighted by atomic mass is 10.2. The van der Waals surface area contributed by atoms with Gasteiger partial charge in [0.25, 0.3) is 0 Å². The Bertz CT molecular complexity index is 359. The second-order valence-electron chi connectivity index (χ2n) is 3.54. The van der Waals surface area contributed by atoms with Gasteiger partial charge >= 0.3 is 0 Å². The molecule has 0 aromatic carbocycles. The Balaban J connectivity index is 2.20. The number of hydrogen-bond acceptors (Lipinski definition) is 4. The third-order valence-electron chi connectivity index (χ3n) is 2.65. The molecule has 6 heteroatoms. The van der Waals surface area contributed by atoms with Crippen LogP contribution in [0.1, 0.15) is 18.6 Å². The minimum atomic E-state index is -0.177. The van der Waals surface area contributed by atoms with Gasteiger partial charge in [0.2, 0.25) is 5.91 Å². The van der Waals surface area contributed by atoms with E-state index >= 15 is 0 Å². The Morgan fingerprint density at radius 2 is 2.47 bits per heavy atom. The SMILES string of the molecule is CCc1nnc2n1CC(C(=O)NC)NC2. The molecule has 0 aliphatic carbocycles. The van der Waals surface area contributed by atoms with Gasteiger partial charge in [-0.25, -0.2) is 0 Å². The number of amides is 1. The summed E-state index contributed by atoms with van der Waals surface area (Å²) in [6, 6.07) is -0.177. The molecule has 0 bridgehead atoms. The number of fused-ring (bicyclic) bond motifs is 1. The van der Waals surface area contributed by atoms with Crippen LogP contribution >= 0.6 is 0 Å². The fourth-order valence-corrected chi connectivity index (χ4v) is 1.79. The van der Waals surface area contributed by atoms with Crippen LogP contribution in [-0.4, -0.2) is 33.8 Å². The molecule has 2 heterocycles. The monoisotopic (exact) mass is 209 g/mol. The summed E-state index contributed by atoms with van der Waals surface area (Å²) in [5, 5.41) is 13.9. The molecule has 0 fully saturated rings. The van der Waals surface area contributed by atoms with E-state index in [0.717, 1.165) is 18.1 Å². The molecule has 1 aromatic rings. The molecule has 0 saturated carbocycles. The maximum Gasteiger partial charge on any atom is 0.238 e. The minimum Gasteiger partial charge on any atom is -0.358 e. The zero-order chi connectivity index (χ0) is 10.8. The maximum absolute atomic E-state index is 11.5. The molecule has 1 aliphatic heterocycles. The standard InChI is InChI=1S/C9H15N5O/c1-3-7-12-13-8-4-11-6(5-14(7)8)9(15)10-2/h6,11H,3-5H2,1-2H3,(H,10,15). The molecule has 0 radical (unpaired) electrons. The lowest BCUT2D eigenvalue weighted by molar-refractivity contribution is -0.123. The Morgan fingerprint density at radius 3 is 3.13 bits per heavy atom. The molecule has 15 heavy (non-hydrogen) atoms. The summed E-state index contributed by atoms with van der Waals surface area (Å²) in [7, 11) is 1.65. The lowest BCUT2D eigenvalue weighted by Gasteiger charge is -2.24. The fourth-order valence-electron chi connectivity index (χ4n) is 1.79. The van der Waals surface area contributed by atoms with E-state index in [9.17, 15) is 4.79 Å². The summed E-state index contributed by atoms with van der Waals surface area (Å²) >= 11 is 0. The summed E-state index contributed by atoms with van der Waals surface area (Å²) in [6.45, 7) is 3.25. The van der Waals surface area contributed by atoms with Crippen molar-refractivity contribution in [1.29, 1.82) is 0 Å². The van der Waals surface area contributed by atoms with Crippen LogP contribution in [0.3, 0.4) is 0 Å². The zero-order valence-corrected chi connectivity index (χ0v) is 8.95. The number of rotatable bonds is 2. The van der Waals surface area contributed by atoms with E-state index in [-0.39, 0.29) is 11.9 Å². The van der Waals surface area contributed by atoms with Gasteiger partial charge in [-0.1, -0.05) is 6.92 Å². The summed E-state index contributed by atoms with van der Waals surface area (Å²) < 4.78 is 2.02.